The van der Waals surface area contributed by atoms with Crippen LogP contribution >= 0.6 is 15.9 Å². The number of aromatic nitrogens is 2. The van der Waals surface area contributed by atoms with Crippen LogP contribution < -0.4 is 14.8 Å². The van der Waals surface area contributed by atoms with Crippen molar-refractivity contribution in [1.82, 2.24) is 9.97 Å². The fraction of sp³-hybridized carbons (Fsp3) is 0.190. The Hall–Kier alpha value is -2.98. The SMILES string of the molecule is CCOc1ccc(C(=O)Nc2ccc(S(=O)(=O)Nc3nc(C)cc(C)n3)cc2)cc1Br. The lowest BCUT2D eigenvalue weighted by Gasteiger charge is -2.10. The minimum Gasteiger partial charge on any atom is -0.493 e. The van der Waals surface area contributed by atoms with E-state index in [9.17, 15) is 13.2 Å². The number of carbonyl (C=O) groups excluding carboxylic acids is 1. The van der Waals surface area contributed by atoms with Crippen LogP contribution in [0.4, 0.5) is 11.6 Å². The predicted molar refractivity (Wildman–Crippen MR) is 122 cm³/mol. The van der Waals surface area contributed by atoms with Crippen LogP contribution in [-0.4, -0.2) is 30.9 Å². The fourth-order valence-corrected chi connectivity index (χ4v) is 4.22. The van der Waals surface area contributed by atoms with Gasteiger partial charge in [0.05, 0.1) is 16.0 Å². The summed E-state index contributed by atoms with van der Waals surface area (Å²) in [5.41, 5.74) is 2.20. The van der Waals surface area contributed by atoms with E-state index in [0.717, 1.165) is 0 Å². The lowest BCUT2D eigenvalue weighted by molar-refractivity contribution is 0.102. The molecule has 10 heteroatoms. The third-order valence-corrected chi connectivity index (χ3v) is 6.09. The Balaban J connectivity index is 1.72. The molecule has 31 heavy (non-hydrogen) atoms. The van der Waals surface area contributed by atoms with Gasteiger partial charge in [0.15, 0.2) is 0 Å². The highest BCUT2D eigenvalue weighted by atomic mass is 79.9. The standard InChI is InChI=1S/C21H21BrN4O4S/c1-4-30-19-10-5-15(12-18(19)22)20(27)25-16-6-8-17(9-7-16)31(28,29)26-21-23-13(2)11-14(3)24-21/h5-12H,4H2,1-3H3,(H,25,27)(H,23,24,26). The molecule has 3 aromatic rings. The number of ether oxygens (including phenoxy) is 1. The van der Waals surface area contributed by atoms with E-state index in [2.05, 4.69) is 35.9 Å². The maximum absolute atomic E-state index is 12.6. The Morgan fingerprint density at radius 1 is 1.03 bits per heavy atom. The van der Waals surface area contributed by atoms with Gasteiger partial charge in [0.1, 0.15) is 5.75 Å². The maximum atomic E-state index is 12.6. The molecule has 0 aliphatic heterocycles. The summed E-state index contributed by atoms with van der Waals surface area (Å²) in [4.78, 5) is 20.7. The number of nitrogens with zero attached hydrogens (tertiary/aromatic N) is 2. The highest BCUT2D eigenvalue weighted by Crippen LogP contribution is 2.26. The topological polar surface area (TPSA) is 110 Å². The number of hydrogen-bond acceptors (Lipinski definition) is 6. The fourth-order valence-electron chi connectivity index (χ4n) is 2.79. The van der Waals surface area contributed by atoms with Crippen LogP contribution in [0.1, 0.15) is 28.7 Å². The van der Waals surface area contributed by atoms with Crippen LogP contribution in [0, 0.1) is 13.8 Å². The molecule has 2 aromatic carbocycles. The molecule has 1 heterocycles. The minimum atomic E-state index is -3.87. The van der Waals surface area contributed by atoms with Gasteiger partial charge < -0.3 is 10.1 Å². The summed E-state index contributed by atoms with van der Waals surface area (Å²) in [6.45, 7) is 5.91. The molecule has 0 atom stereocenters. The Morgan fingerprint density at radius 3 is 2.26 bits per heavy atom. The molecule has 0 aliphatic carbocycles. The molecular weight excluding hydrogens is 484 g/mol. The van der Waals surface area contributed by atoms with E-state index >= 15 is 0 Å². The predicted octanol–water partition coefficient (Wildman–Crippen LogP) is 4.31. The largest absolute Gasteiger partial charge is 0.493 e. The summed E-state index contributed by atoms with van der Waals surface area (Å²) in [7, 11) is -3.87. The normalized spacial score (nSPS) is 11.1. The maximum Gasteiger partial charge on any atom is 0.264 e. The number of hydrogen-bond donors (Lipinski definition) is 2. The van der Waals surface area contributed by atoms with Gasteiger partial charge in [-0.3, -0.25) is 4.79 Å². The number of carbonyl (C=O) groups is 1. The molecule has 0 bridgehead atoms. The van der Waals surface area contributed by atoms with Crippen molar-refractivity contribution in [1.29, 1.82) is 0 Å². The zero-order valence-electron chi connectivity index (χ0n) is 17.1. The molecule has 162 valence electrons. The molecule has 3 rings (SSSR count). The molecule has 0 unspecified atom stereocenters. The third-order valence-electron chi connectivity index (χ3n) is 4.12. The van der Waals surface area contributed by atoms with Gasteiger partial charge in [-0.2, -0.15) is 0 Å². The second kappa shape index (κ2) is 9.44. The van der Waals surface area contributed by atoms with Crippen molar-refractivity contribution in [3.05, 3.63) is 70.0 Å². The van der Waals surface area contributed by atoms with Gasteiger partial charge >= 0.3 is 0 Å². The lowest BCUT2D eigenvalue weighted by atomic mass is 10.2. The van der Waals surface area contributed by atoms with Crippen LogP contribution in [-0.2, 0) is 10.0 Å². The van der Waals surface area contributed by atoms with Crippen molar-refractivity contribution < 1.29 is 17.9 Å². The summed E-state index contributed by atoms with van der Waals surface area (Å²) in [6, 6.07) is 12.6. The summed E-state index contributed by atoms with van der Waals surface area (Å²) < 4.78 is 33.7. The molecule has 0 fully saturated rings. The van der Waals surface area contributed by atoms with Gasteiger partial charge in [0, 0.05) is 22.6 Å². The quantitative estimate of drug-likeness (QED) is 0.495. The molecule has 1 aromatic heterocycles. The molecule has 1 amide bonds. The van der Waals surface area contributed by atoms with Crippen molar-refractivity contribution >= 4 is 43.5 Å². The lowest BCUT2D eigenvalue weighted by Crippen LogP contribution is -2.16. The average molecular weight is 505 g/mol. The van der Waals surface area contributed by atoms with Crippen LogP contribution in [0.5, 0.6) is 5.75 Å². The second-order valence-corrected chi connectivity index (χ2v) is 9.17. The number of rotatable bonds is 7. The molecular formula is C21H21BrN4O4S. The van der Waals surface area contributed by atoms with Crippen LogP contribution in [0.15, 0.2) is 57.9 Å². The average Bonchev–Trinajstić information content (AvgIpc) is 2.69. The van der Waals surface area contributed by atoms with E-state index in [1.807, 2.05) is 6.92 Å². The minimum absolute atomic E-state index is 0.0101. The van der Waals surface area contributed by atoms with E-state index in [1.54, 1.807) is 38.1 Å². The molecule has 0 aliphatic rings. The number of sulfonamides is 1. The van der Waals surface area contributed by atoms with Gasteiger partial charge in [-0.05, 0) is 85.2 Å². The molecule has 0 spiro atoms. The first-order valence-electron chi connectivity index (χ1n) is 9.37. The highest BCUT2D eigenvalue weighted by molar-refractivity contribution is 9.10. The Morgan fingerprint density at radius 2 is 1.68 bits per heavy atom. The first kappa shape index (κ1) is 22.7. The zero-order valence-corrected chi connectivity index (χ0v) is 19.5. The van der Waals surface area contributed by atoms with Gasteiger partial charge in [0.25, 0.3) is 15.9 Å². The Kier molecular flexibility index (Phi) is 6.91. The summed E-state index contributed by atoms with van der Waals surface area (Å²) in [5.74, 6) is 0.325. The number of benzene rings is 2. The number of aryl methyl sites for hydroxylation is 2. The van der Waals surface area contributed by atoms with Crippen molar-refractivity contribution in [2.75, 3.05) is 16.6 Å². The van der Waals surface area contributed by atoms with Gasteiger partial charge in [-0.15, -0.1) is 0 Å². The molecule has 0 saturated carbocycles. The van der Waals surface area contributed by atoms with E-state index < -0.39 is 10.0 Å². The van der Waals surface area contributed by atoms with E-state index in [0.29, 0.717) is 39.5 Å². The number of halogens is 1. The van der Waals surface area contributed by atoms with E-state index in [-0.39, 0.29) is 16.8 Å². The number of anilines is 2. The smallest absolute Gasteiger partial charge is 0.264 e. The third kappa shape index (κ3) is 5.80. The molecule has 0 saturated heterocycles. The van der Waals surface area contributed by atoms with Crippen molar-refractivity contribution in [2.45, 2.75) is 25.7 Å². The van der Waals surface area contributed by atoms with E-state index in [1.165, 1.54) is 24.3 Å². The first-order valence-corrected chi connectivity index (χ1v) is 11.6. The summed E-state index contributed by atoms with van der Waals surface area (Å²) in [5, 5.41) is 2.74. The van der Waals surface area contributed by atoms with Gasteiger partial charge in [-0.25, -0.2) is 23.1 Å². The first-order chi connectivity index (χ1) is 14.7. The second-order valence-electron chi connectivity index (χ2n) is 6.64. The van der Waals surface area contributed by atoms with Gasteiger partial charge in [0.2, 0.25) is 5.95 Å². The summed E-state index contributed by atoms with van der Waals surface area (Å²) >= 11 is 3.38. The monoisotopic (exact) mass is 504 g/mol. The molecule has 0 radical (unpaired) electrons. The van der Waals surface area contributed by atoms with Crippen molar-refractivity contribution in [2.24, 2.45) is 0 Å². The molecule has 2 N–H and O–H groups in total. The zero-order chi connectivity index (χ0) is 22.6. The molecule has 8 nitrogen and oxygen atoms in total. The Bertz CT molecular complexity index is 1190. The van der Waals surface area contributed by atoms with Crippen molar-refractivity contribution in [3.8, 4) is 5.75 Å². The summed E-state index contributed by atoms with van der Waals surface area (Å²) in [6.07, 6.45) is 0. The number of amides is 1. The van der Waals surface area contributed by atoms with Gasteiger partial charge in [-0.1, -0.05) is 0 Å². The van der Waals surface area contributed by atoms with Crippen LogP contribution in [0.2, 0.25) is 0 Å². The number of nitrogens with one attached hydrogen (secondary N) is 2. The highest BCUT2D eigenvalue weighted by Gasteiger charge is 2.17. The van der Waals surface area contributed by atoms with Crippen LogP contribution in [0.3, 0.4) is 0 Å². The van der Waals surface area contributed by atoms with E-state index in [4.69, 9.17) is 4.74 Å². The van der Waals surface area contributed by atoms with Crippen LogP contribution in [0.25, 0.3) is 0 Å². The van der Waals surface area contributed by atoms with Crippen molar-refractivity contribution in [3.63, 3.8) is 0 Å². The Labute approximate surface area is 189 Å².